The van der Waals surface area contributed by atoms with E-state index in [9.17, 15) is 0 Å². The Morgan fingerprint density at radius 2 is 1.75 bits per heavy atom. The number of hydrogen-bond donors (Lipinski definition) is 1. The summed E-state index contributed by atoms with van der Waals surface area (Å²) < 4.78 is 0. The Morgan fingerprint density at radius 3 is 2.38 bits per heavy atom. The lowest BCUT2D eigenvalue weighted by Crippen LogP contribution is -2.52. The van der Waals surface area contributed by atoms with Crippen molar-refractivity contribution in [1.82, 2.24) is 20.4 Å². The second kappa shape index (κ2) is 8.19. The van der Waals surface area contributed by atoms with Gasteiger partial charge >= 0.3 is 0 Å². The van der Waals surface area contributed by atoms with Crippen molar-refractivity contribution in [3.63, 3.8) is 0 Å². The zero-order valence-corrected chi connectivity index (χ0v) is 15.7. The second-order valence-electron chi connectivity index (χ2n) is 6.98. The molecule has 1 aliphatic rings. The highest BCUT2D eigenvalue weighted by atomic mass is 32.1. The molecule has 4 nitrogen and oxygen atoms in total. The van der Waals surface area contributed by atoms with Gasteiger partial charge in [0.05, 0.1) is 0 Å². The molecule has 1 N–H and O–H groups in total. The molecule has 3 atom stereocenters. The summed E-state index contributed by atoms with van der Waals surface area (Å²) in [6.07, 6.45) is 0.975. The van der Waals surface area contributed by atoms with Crippen molar-refractivity contribution in [3.8, 4) is 0 Å². The maximum absolute atomic E-state index is 4.29. The number of aryl methyl sites for hydroxylation is 1. The average Bonchev–Trinajstić information content (AvgIpc) is 3.03. The second-order valence-corrected chi connectivity index (χ2v) is 8.13. The Labute approximate surface area is 149 Å². The molecule has 1 aromatic heterocycles. The maximum Gasteiger partial charge on any atom is 0.131 e. The molecule has 0 saturated carbocycles. The van der Waals surface area contributed by atoms with Crippen LogP contribution in [-0.4, -0.2) is 34.2 Å². The van der Waals surface area contributed by atoms with Gasteiger partial charge in [-0.25, -0.2) is 0 Å². The van der Waals surface area contributed by atoms with Gasteiger partial charge in [-0.2, -0.15) is 0 Å². The SMILES string of the molecule is CCc1nnc(CNC2[C@H](C)CN(Cc3ccccc3)C[C@@H]2C)s1. The summed E-state index contributed by atoms with van der Waals surface area (Å²) in [7, 11) is 0. The smallest absolute Gasteiger partial charge is 0.131 e. The number of aromatic nitrogens is 2. The van der Waals surface area contributed by atoms with Crippen LogP contribution in [0.3, 0.4) is 0 Å². The van der Waals surface area contributed by atoms with Crippen LogP contribution in [0.15, 0.2) is 30.3 Å². The van der Waals surface area contributed by atoms with E-state index in [2.05, 4.69) is 71.5 Å². The molecule has 3 rings (SSSR count). The Kier molecular flexibility index (Phi) is 5.98. The molecule has 1 aromatic carbocycles. The molecule has 0 spiro atoms. The standard InChI is InChI=1S/C19H28N4S/c1-4-17-21-22-18(24-17)10-20-19-14(2)11-23(12-15(19)3)13-16-8-6-5-7-9-16/h5-9,14-15,19-20H,4,10-13H2,1-3H3/t14-,15+,19?. The summed E-state index contributed by atoms with van der Waals surface area (Å²) >= 11 is 1.73. The van der Waals surface area contributed by atoms with Crippen LogP contribution in [0.2, 0.25) is 0 Å². The summed E-state index contributed by atoms with van der Waals surface area (Å²) in [6, 6.07) is 11.3. The lowest BCUT2D eigenvalue weighted by Gasteiger charge is -2.42. The number of benzene rings is 1. The average molecular weight is 345 g/mol. The quantitative estimate of drug-likeness (QED) is 0.872. The van der Waals surface area contributed by atoms with Gasteiger partial charge in [0.2, 0.25) is 0 Å². The van der Waals surface area contributed by atoms with E-state index in [1.807, 2.05) is 0 Å². The van der Waals surface area contributed by atoms with Crippen molar-refractivity contribution in [3.05, 3.63) is 45.9 Å². The molecule has 5 heteroatoms. The molecule has 2 heterocycles. The van der Waals surface area contributed by atoms with Gasteiger partial charge in [-0.1, -0.05) is 51.1 Å². The molecule has 0 radical (unpaired) electrons. The Balaban J connectivity index is 1.53. The number of nitrogens with one attached hydrogen (secondary N) is 1. The fourth-order valence-corrected chi connectivity index (χ4v) is 4.49. The molecule has 0 amide bonds. The van der Waals surface area contributed by atoms with Crippen molar-refractivity contribution in [2.45, 2.75) is 46.3 Å². The molecular formula is C19H28N4S. The Hall–Kier alpha value is -1.30. The van der Waals surface area contributed by atoms with Gasteiger partial charge < -0.3 is 5.32 Å². The van der Waals surface area contributed by atoms with Gasteiger partial charge in [0.25, 0.3) is 0 Å². The summed E-state index contributed by atoms with van der Waals surface area (Å²) in [5, 5.41) is 14.5. The summed E-state index contributed by atoms with van der Waals surface area (Å²) in [6.45, 7) is 11.0. The number of nitrogens with zero attached hydrogens (tertiary/aromatic N) is 3. The molecule has 0 aliphatic carbocycles. The summed E-state index contributed by atoms with van der Waals surface area (Å²) in [5.74, 6) is 1.27. The minimum Gasteiger partial charge on any atom is -0.307 e. The van der Waals surface area contributed by atoms with Gasteiger partial charge in [-0.3, -0.25) is 4.90 Å². The first-order chi connectivity index (χ1) is 11.7. The topological polar surface area (TPSA) is 41.1 Å². The number of rotatable bonds is 6. The van der Waals surface area contributed by atoms with Crippen LogP contribution in [0.25, 0.3) is 0 Å². The van der Waals surface area contributed by atoms with Crippen molar-refractivity contribution in [1.29, 1.82) is 0 Å². The van der Waals surface area contributed by atoms with Crippen LogP contribution in [0.1, 0.15) is 36.3 Å². The van der Waals surface area contributed by atoms with Crippen molar-refractivity contribution in [2.24, 2.45) is 11.8 Å². The normalized spacial score (nSPS) is 25.0. The Bertz CT molecular complexity index is 615. The van der Waals surface area contributed by atoms with Crippen LogP contribution in [0.5, 0.6) is 0 Å². The van der Waals surface area contributed by atoms with Crippen LogP contribution in [0.4, 0.5) is 0 Å². The summed E-state index contributed by atoms with van der Waals surface area (Å²) in [5.41, 5.74) is 1.41. The van der Waals surface area contributed by atoms with Gasteiger partial charge in [0.15, 0.2) is 0 Å². The predicted octanol–water partition coefficient (Wildman–Crippen LogP) is 3.35. The zero-order valence-electron chi connectivity index (χ0n) is 14.9. The molecule has 130 valence electrons. The molecule has 1 fully saturated rings. The largest absolute Gasteiger partial charge is 0.307 e. The van der Waals surface area contributed by atoms with E-state index in [4.69, 9.17) is 0 Å². The highest BCUT2D eigenvalue weighted by molar-refractivity contribution is 7.11. The van der Waals surface area contributed by atoms with Gasteiger partial charge in [0, 0.05) is 32.2 Å². The van der Waals surface area contributed by atoms with E-state index < -0.39 is 0 Å². The highest BCUT2D eigenvalue weighted by Crippen LogP contribution is 2.24. The van der Waals surface area contributed by atoms with Crippen molar-refractivity contribution in [2.75, 3.05) is 13.1 Å². The molecule has 1 saturated heterocycles. The van der Waals surface area contributed by atoms with Crippen LogP contribution in [0, 0.1) is 11.8 Å². The van der Waals surface area contributed by atoms with Crippen molar-refractivity contribution >= 4 is 11.3 Å². The maximum atomic E-state index is 4.29. The minimum atomic E-state index is 0.547. The third kappa shape index (κ3) is 4.41. The molecule has 1 unspecified atom stereocenters. The third-order valence-electron chi connectivity index (χ3n) is 4.87. The number of hydrogen-bond acceptors (Lipinski definition) is 5. The molecule has 2 aromatic rings. The van der Waals surface area contributed by atoms with Crippen LogP contribution in [-0.2, 0) is 19.5 Å². The lowest BCUT2D eigenvalue weighted by molar-refractivity contribution is 0.0939. The van der Waals surface area contributed by atoms with E-state index in [0.29, 0.717) is 17.9 Å². The van der Waals surface area contributed by atoms with Crippen LogP contribution >= 0.6 is 11.3 Å². The number of likely N-dealkylation sites (tertiary alicyclic amines) is 1. The van der Waals surface area contributed by atoms with Crippen molar-refractivity contribution < 1.29 is 0 Å². The van der Waals surface area contributed by atoms with E-state index in [1.54, 1.807) is 11.3 Å². The number of piperidine rings is 1. The minimum absolute atomic E-state index is 0.547. The molecular weight excluding hydrogens is 316 g/mol. The van der Waals surface area contributed by atoms with Gasteiger partial charge in [0.1, 0.15) is 10.0 Å². The van der Waals surface area contributed by atoms with E-state index in [0.717, 1.165) is 42.6 Å². The van der Waals surface area contributed by atoms with Gasteiger partial charge in [-0.05, 0) is 23.8 Å². The first-order valence-electron chi connectivity index (χ1n) is 8.96. The molecule has 24 heavy (non-hydrogen) atoms. The fraction of sp³-hybridized carbons (Fsp3) is 0.579. The molecule has 0 bridgehead atoms. The Morgan fingerprint density at radius 1 is 1.08 bits per heavy atom. The van der Waals surface area contributed by atoms with E-state index in [1.165, 1.54) is 5.56 Å². The first-order valence-corrected chi connectivity index (χ1v) is 9.78. The summed E-state index contributed by atoms with van der Waals surface area (Å²) in [4.78, 5) is 2.59. The van der Waals surface area contributed by atoms with E-state index in [-0.39, 0.29) is 0 Å². The third-order valence-corrected chi connectivity index (χ3v) is 5.94. The highest BCUT2D eigenvalue weighted by Gasteiger charge is 2.31. The van der Waals surface area contributed by atoms with Crippen LogP contribution < -0.4 is 5.32 Å². The monoisotopic (exact) mass is 344 g/mol. The fourth-order valence-electron chi connectivity index (χ4n) is 3.76. The zero-order chi connectivity index (χ0) is 16.9. The first kappa shape index (κ1) is 17.5. The van der Waals surface area contributed by atoms with E-state index >= 15 is 0 Å². The predicted molar refractivity (Wildman–Crippen MR) is 100.0 cm³/mol. The van der Waals surface area contributed by atoms with Gasteiger partial charge in [-0.15, -0.1) is 21.5 Å². The molecule has 1 aliphatic heterocycles. The lowest BCUT2D eigenvalue weighted by atomic mass is 9.85.